The summed E-state index contributed by atoms with van der Waals surface area (Å²) in [6, 6.07) is 6.77. The van der Waals surface area contributed by atoms with Crippen LogP contribution in [0.25, 0.3) is 0 Å². The molecule has 0 aliphatic carbocycles. The zero-order valence-electron chi connectivity index (χ0n) is 14.1. The Morgan fingerprint density at radius 2 is 2.04 bits per heavy atom. The molecule has 1 aromatic carbocycles. The molecule has 0 radical (unpaired) electrons. The molecule has 0 spiro atoms. The van der Waals surface area contributed by atoms with Gasteiger partial charge in [-0.2, -0.15) is 0 Å². The second kappa shape index (κ2) is 7.21. The fraction of sp³-hybridized carbons (Fsp3) is 0.588. The molecular weight excluding hydrogens is 326 g/mol. The van der Waals surface area contributed by atoms with E-state index in [0.717, 1.165) is 38.9 Å². The molecule has 0 bridgehead atoms. The van der Waals surface area contributed by atoms with Crippen LogP contribution in [0.4, 0.5) is 0 Å². The van der Waals surface area contributed by atoms with Gasteiger partial charge in [0.25, 0.3) is 5.91 Å². The number of hydrogen-bond donors (Lipinski definition) is 1. The molecule has 1 atom stereocenters. The van der Waals surface area contributed by atoms with Gasteiger partial charge in [-0.25, -0.2) is 13.1 Å². The summed E-state index contributed by atoms with van der Waals surface area (Å²) in [5.41, 5.74) is 0.438. The standard InChI is InChI=1S/C17H25N3O3S/c1-19-10-3-6-15(19)8-9-18-24(22,23)16-7-2-5-14(13-16)17(21)20-11-4-12-20/h2,5,7,13,15,18H,3-4,6,8-12H2,1H3. The van der Waals surface area contributed by atoms with E-state index in [1.807, 2.05) is 0 Å². The van der Waals surface area contributed by atoms with E-state index in [-0.39, 0.29) is 10.8 Å². The van der Waals surface area contributed by atoms with Crippen molar-refractivity contribution >= 4 is 15.9 Å². The number of nitrogens with zero attached hydrogens (tertiary/aromatic N) is 2. The lowest BCUT2D eigenvalue weighted by Crippen LogP contribution is -2.42. The molecule has 7 heteroatoms. The van der Waals surface area contributed by atoms with Crippen molar-refractivity contribution in [2.45, 2.75) is 36.6 Å². The van der Waals surface area contributed by atoms with E-state index < -0.39 is 10.0 Å². The molecule has 2 saturated heterocycles. The van der Waals surface area contributed by atoms with Crippen molar-refractivity contribution in [3.63, 3.8) is 0 Å². The Labute approximate surface area is 143 Å². The van der Waals surface area contributed by atoms with Crippen LogP contribution in [-0.2, 0) is 10.0 Å². The van der Waals surface area contributed by atoms with E-state index in [4.69, 9.17) is 0 Å². The van der Waals surface area contributed by atoms with Gasteiger partial charge in [-0.1, -0.05) is 6.07 Å². The van der Waals surface area contributed by atoms with Gasteiger partial charge in [-0.15, -0.1) is 0 Å². The molecule has 0 aromatic heterocycles. The van der Waals surface area contributed by atoms with Gasteiger partial charge in [0, 0.05) is 31.2 Å². The summed E-state index contributed by atoms with van der Waals surface area (Å²) in [5.74, 6) is -0.0918. The topological polar surface area (TPSA) is 69.7 Å². The van der Waals surface area contributed by atoms with E-state index in [9.17, 15) is 13.2 Å². The van der Waals surface area contributed by atoms with Crippen LogP contribution in [0.15, 0.2) is 29.2 Å². The molecule has 3 rings (SSSR count). The van der Waals surface area contributed by atoms with Crippen LogP contribution in [0.1, 0.15) is 36.0 Å². The fourth-order valence-corrected chi connectivity index (χ4v) is 4.38. The molecule has 2 aliphatic heterocycles. The van der Waals surface area contributed by atoms with Gasteiger partial charge in [-0.05, 0) is 57.5 Å². The van der Waals surface area contributed by atoms with Crippen LogP contribution in [0.2, 0.25) is 0 Å². The Morgan fingerprint density at radius 1 is 1.25 bits per heavy atom. The van der Waals surface area contributed by atoms with Gasteiger partial charge in [0.1, 0.15) is 0 Å². The lowest BCUT2D eigenvalue weighted by molar-refractivity contribution is 0.0651. The van der Waals surface area contributed by atoms with Gasteiger partial charge in [0.2, 0.25) is 10.0 Å². The Morgan fingerprint density at radius 3 is 2.67 bits per heavy atom. The molecule has 1 aromatic rings. The highest BCUT2D eigenvalue weighted by Gasteiger charge is 2.24. The van der Waals surface area contributed by atoms with Crippen molar-refractivity contribution in [1.82, 2.24) is 14.5 Å². The van der Waals surface area contributed by atoms with Crippen LogP contribution in [0, 0.1) is 0 Å². The molecule has 1 N–H and O–H groups in total. The number of benzene rings is 1. The van der Waals surface area contributed by atoms with Crippen LogP contribution >= 0.6 is 0 Å². The first-order valence-electron chi connectivity index (χ1n) is 8.56. The Hall–Kier alpha value is -1.44. The molecule has 2 heterocycles. The lowest BCUT2D eigenvalue weighted by Gasteiger charge is -2.31. The van der Waals surface area contributed by atoms with E-state index in [0.29, 0.717) is 18.2 Å². The number of rotatable bonds is 6. The average Bonchev–Trinajstić information content (AvgIpc) is 2.91. The summed E-state index contributed by atoms with van der Waals surface area (Å²) in [5, 5.41) is 0. The highest BCUT2D eigenvalue weighted by molar-refractivity contribution is 7.89. The molecule has 24 heavy (non-hydrogen) atoms. The van der Waals surface area contributed by atoms with Gasteiger partial charge in [0.05, 0.1) is 4.90 Å². The van der Waals surface area contributed by atoms with E-state index in [1.165, 1.54) is 18.6 Å². The number of likely N-dealkylation sites (tertiary alicyclic amines) is 2. The van der Waals surface area contributed by atoms with Gasteiger partial charge in [-0.3, -0.25) is 4.79 Å². The Bertz CT molecular complexity index is 701. The van der Waals surface area contributed by atoms with Crippen molar-refractivity contribution in [3.8, 4) is 0 Å². The molecule has 132 valence electrons. The molecule has 0 saturated carbocycles. The third kappa shape index (κ3) is 3.79. The van der Waals surface area contributed by atoms with Crippen LogP contribution < -0.4 is 4.72 Å². The van der Waals surface area contributed by atoms with Gasteiger partial charge >= 0.3 is 0 Å². The number of sulfonamides is 1. The molecular formula is C17H25N3O3S. The maximum absolute atomic E-state index is 12.5. The number of carbonyl (C=O) groups is 1. The quantitative estimate of drug-likeness (QED) is 0.839. The largest absolute Gasteiger partial charge is 0.339 e. The first-order valence-corrected chi connectivity index (χ1v) is 10.0. The molecule has 1 unspecified atom stereocenters. The van der Waals surface area contributed by atoms with Crippen LogP contribution in [-0.4, -0.2) is 63.4 Å². The number of amides is 1. The smallest absolute Gasteiger partial charge is 0.253 e. The first kappa shape index (κ1) is 17.4. The summed E-state index contributed by atoms with van der Waals surface area (Å²) in [4.78, 5) is 16.4. The summed E-state index contributed by atoms with van der Waals surface area (Å²) in [6.07, 6.45) is 4.12. The predicted octanol–water partition coefficient (Wildman–Crippen LogP) is 1.30. The zero-order valence-corrected chi connectivity index (χ0v) is 14.9. The monoisotopic (exact) mass is 351 g/mol. The second-order valence-corrected chi connectivity index (χ2v) is 8.40. The fourth-order valence-electron chi connectivity index (χ4n) is 3.29. The number of hydrogen-bond acceptors (Lipinski definition) is 4. The normalized spacial score (nSPS) is 21.7. The third-order valence-corrected chi connectivity index (χ3v) is 6.43. The zero-order chi connectivity index (χ0) is 17.2. The van der Waals surface area contributed by atoms with E-state index in [1.54, 1.807) is 17.0 Å². The summed E-state index contributed by atoms with van der Waals surface area (Å²) in [7, 11) is -1.50. The molecule has 2 fully saturated rings. The first-order chi connectivity index (χ1) is 11.5. The molecule has 6 nitrogen and oxygen atoms in total. The van der Waals surface area contributed by atoms with Crippen molar-refractivity contribution in [1.29, 1.82) is 0 Å². The van der Waals surface area contributed by atoms with Crippen molar-refractivity contribution in [3.05, 3.63) is 29.8 Å². The van der Waals surface area contributed by atoms with E-state index >= 15 is 0 Å². The predicted molar refractivity (Wildman–Crippen MR) is 92.4 cm³/mol. The molecule has 2 aliphatic rings. The SMILES string of the molecule is CN1CCCC1CCNS(=O)(=O)c1cccc(C(=O)N2CCC2)c1. The summed E-state index contributed by atoms with van der Waals surface area (Å²) >= 11 is 0. The van der Waals surface area contributed by atoms with E-state index in [2.05, 4.69) is 16.7 Å². The van der Waals surface area contributed by atoms with Crippen molar-refractivity contribution in [2.75, 3.05) is 33.2 Å². The average molecular weight is 351 g/mol. The summed E-state index contributed by atoms with van der Waals surface area (Å²) < 4.78 is 27.6. The minimum absolute atomic E-state index is 0.0918. The number of carbonyl (C=O) groups excluding carboxylic acids is 1. The van der Waals surface area contributed by atoms with Gasteiger partial charge < -0.3 is 9.80 Å². The highest BCUT2D eigenvalue weighted by Crippen LogP contribution is 2.19. The summed E-state index contributed by atoms with van der Waals surface area (Å²) in [6.45, 7) is 3.01. The third-order valence-electron chi connectivity index (χ3n) is 4.98. The maximum Gasteiger partial charge on any atom is 0.253 e. The maximum atomic E-state index is 12.5. The van der Waals surface area contributed by atoms with Crippen LogP contribution in [0.3, 0.4) is 0 Å². The Balaban J connectivity index is 1.62. The highest BCUT2D eigenvalue weighted by atomic mass is 32.2. The van der Waals surface area contributed by atoms with Crippen molar-refractivity contribution in [2.24, 2.45) is 0 Å². The second-order valence-electron chi connectivity index (χ2n) is 6.64. The minimum atomic E-state index is -3.58. The van der Waals surface area contributed by atoms with Crippen molar-refractivity contribution < 1.29 is 13.2 Å². The molecule has 1 amide bonds. The number of nitrogens with one attached hydrogen (secondary N) is 1. The lowest BCUT2D eigenvalue weighted by atomic mass is 10.1. The Kier molecular flexibility index (Phi) is 5.22. The van der Waals surface area contributed by atoms with Crippen LogP contribution in [0.5, 0.6) is 0 Å². The minimum Gasteiger partial charge on any atom is -0.339 e. The van der Waals surface area contributed by atoms with Gasteiger partial charge in [0.15, 0.2) is 0 Å².